The minimum atomic E-state index is -0.267. The van der Waals surface area contributed by atoms with E-state index in [0.717, 1.165) is 49.9 Å². The van der Waals surface area contributed by atoms with E-state index in [1.54, 1.807) is 11.0 Å². The number of hydrogen-bond donors (Lipinski definition) is 0. The Kier molecular flexibility index (Phi) is 15.3. The first kappa shape index (κ1) is 40.2. The van der Waals surface area contributed by atoms with Gasteiger partial charge in [-0.25, -0.2) is 9.59 Å². The number of carbonyl (C=O) groups is 3. The van der Waals surface area contributed by atoms with Crippen LogP contribution in [0.25, 0.3) is 0 Å². The molecule has 288 valence electrons. The molecule has 4 aromatic carbocycles. The third kappa shape index (κ3) is 12.3. The molecule has 0 saturated carbocycles. The van der Waals surface area contributed by atoms with E-state index in [9.17, 15) is 14.4 Å². The lowest BCUT2D eigenvalue weighted by molar-refractivity contribution is 0.0811. The van der Waals surface area contributed by atoms with E-state index in [1.165, 1.54) is 29.9 Å². The van der Waals surface area contributed by atoms with Crippen LogP contribution in [0, 0.1) is 11.8 Å². The molecule has 0 aliphatic carbocycles. The van der Waals surface area contributed by atoms with Gasteiger partial charge in [0.15, 0.2) is 5.78 Å². The van der Waals surface area contributed by atoms with Gasteiger partial charge in [-0.2, -0.15) is 0 Å². The molecule has 0 aromatic heterocycles. The maximum atomic E-state index is 12.4. The number of thioether (sulfide) groups is 2. The summed E-state index contributed by atoms with van der Waals surface area (Å²) < 4.78 is 11.1. The number of ether oxygens (including phenoxy) is 2. The Morgan fingerprint density at radius 3 is 1.58 bits per heavy atom. The molecule has 3 saturated heterocycles. The Bertz CT molecular complexity index is 1790. The molecule has 0 unspecified atom stereocenters. The molecule has 3 aliphatic rings. The summed E-state index contributed by atoms with van der Waals surface area (Å²) in [5, 5.41) is 0. The van der Waals surface area contributed by atoms with E-state index >= 15 is 0 Å². The number of benzene rings is 4. The van der Waals surface area contributed by atoms with Crippen molar-refractivity contribution in [3.63, 3.8) is 0 Å². The van der Waals surface area contributed by atoms with Crippen LogP contribution in [0.2, 0.25) is 0 Å². The number of ketones is 1. The monoisotopic (exact) mass is 776 g/mol. The number of likely N-dealkylation sites (tertiary alicyclic amines) is 2. The fraction of sp³-hybridized carbons (Fsp3) is 0.370. The van der Waals surface area contributed by atoms with E-state index in [-0.39, 0.29) is 22.0 Å². The Morgan fingerprint density at radius 2 is 1.07 bits per heavy atom. The van der Waals surface area contributed by atoms with Gasteiger partial charge in [0.05, 0.1) is 4.08 Å². The molecule has 4 aromatic rings. The summed E-state index contributed by atoms with van der Waals surface area (Å²) in [6, 6.07) is 39.8. The average molecular weight is 777 g/mol. The average Bonchev–Trinajstić information content (AvgIpc) is 3.75. The Morgan fingerprint density at radius 1 is 0.618 bits per heavy atom. The van der Waals surface area contributed by atoms with Gasteiger partial charge in [-0.1, -0.05) is 127 Å². The fourth-order valence-electron chi connectivity index (χ4n) is 7.22. The molecule has 0 spiro atoms. The van der Waals surface area contributed by atoms with Gasteiger partial charge in [0.2, 0.25) is 0 Å². The standard InChI is InChI=1S/C24H29NO2S2.C22H23NO3/c26-23(27-19-21-7-3-1-4-8-21)25-15-12-20(13-16-25)11-14-24(28-17-18-29-24)22-9-5-2-6-10-22;24-21(20-9-5-2-6-10-20)12-11-18-13-15-23(16-14-18)22(25)26-17-19-7-3-1-4-8-19/h1-10,20H,11-19H2;1-12,18H,13-17H2/b;12-11+. The molecule has 3 aliphatic heterocycles. The quantitative estimate of drug-likeness (QED) is 0.111. The Labute approximate surface area is 334 Å². The lowest BCUT2D eigenvalue weighted by atomic mass is 9.90. The van der Waals surface area contributed by atoms with E-state index in [2.05, 4.69) is 53.9 Å². The van der Waals surface area contributed by atoms with Gasteiger partial charge in [0, 0.05) is 43.2 Å². The Balaban J connectivity index is 0.000000188. The molecule has 0 bridgehead atoms. The van der Waals surface area contributed by atoms with Crippen LogP contribution in [0.15, 0.2) is 133 Å². The molecule has 3 fully saturated rings. The van der Waals surface area contributed by atoms with Crippen molar-refractivity contribution in [2.45, 2.75) is 55.8 Å². The molecule has 9 heteroatoms. The van der Waals surface area contributed by atoms with Gasteiger partial charge < -0.3 is 19.3 Å². The zero-order valence-corrected chi connectivity index (χ0v) is 33.1. The third-order valence-corrected chi connectivity index (χ3v) is 14.1. The Hall–Kier alpha value is -4.47. The molecule has 7 rings (SSSR count). The van der Waals surface area contributed by atoms with Gasteiger partial charge in [-0.15, -0.1) is 23.5 Å². The van der Waals surface area contributed by atoms with E-state index in [1.807, 2.05) is 102 Å². The van der Waals surface area contributed by atoms with Gasteiger partial charge >= 0.3 is 12.2 Å². The third-order valence-electron chi connectivity index (χ3n) is 10.5. The number of allylic oxidation sites excluding steroid dienone is 2. The molecule has 55 heavy (non-hydrogen) atoms. The summed E-state index contributed by atoms with van der Waals surface area (Å²) in [4.78, 5) is 40.3. The number of carbonyl (C=O) groups excluding carboxylic acids is 3. The van der Waals surface area contributed by atoms with Gasteiger partial charge in [-0.3, -0.25) is 4.79 Å². The van der Waals surface area contributed by atoms with Crippen molar-refractivity contribution in [3.05, 3.63) is 156 Å². The predicted molar refractivity (Wildman–Crippen MR) is 224 cm³/mol. The number of hydrogen-bond acceptors (Lipinski definition) is 7. The van der Waals surface area contributed by atoms with Crippen molar-refractivity contribution < 1.29 is 23.9 Å². The van der Waals surface area contributed by atoms with Crippen molar-refractivity contribution in [2.75, 3.05) is 37.7 Å². The molecule has 3 heterocycles. The lowest BCUT2D eigenvalue weighted by Gasteiger charge is -2.34. The predicted octanol–water partition coefficient (Wildman–Crippen LogP) is 10.6. The lowest BCUT2D eigenvalue weighted by Crippen LogP contribution is -2.39. The van der Waals surface area contributed by atoms with Crippen LogP contribution >= 0.6 is 23.5 Å². The zero-order chi connectivity index (χ0) is 38.1. The van der Waals surface area contributed by atoms with E-state index in [4.69, 9.17) is 9.47 Å². The summed E-state index contributed by atoms with van der Waals surface area (Å²) in [5.41, 5.74) is 4.19. The van der Waals surface area contributed by atoms with Crippen molar-refractivity contribution in [1.29, 1.82) is 0 Å². The maximum absolute atomic E-state index is 12.4. The second-order valence-electron chi connectivity index (χ2n) is 14.3. The van der Waals surface area contributed by atoms with Crippen molar-refractivity contribution in [1.82, 2.24) is 9.80 Å². The summed E-state index contributed by atoms with van der Waals surface area (Å²) in [7, 11) is 0. The molecular formula is C46H52N2O5S2. The molecule has 0 atom stereocenters. The summed E-state index contributed by atoms with van der Waals surface area (Å²) in [6.07, 6.45) is 9.51. The van der Waals surface area contributed by atoms with Crippen LogP contribution in [0.3, 0.4) is 0 Å². The van der Waals surface area contributed by atoms with E-state index < -0.39 is 0 Å². The molecule has 0 radical (unpaired) electrons. The van der Waals surface area contributed by atoms with E-state index in [0.29, 0.717) is 43.7 Å². The fourth-order valence-corrected chi connectivity index (χ4v) is 10.5. The molecule has 0 N–H and O–H groups in total. The van der Waals surface area contributed by atoms with Gasteiger partial charge in [0.1, 0.15) is 13.2 Å². The second-order valence-corrected chi connectivity index (χ2v) is 17.3. The molecule has 2 amide bonds. The number of nitrogens with zero attached hydrogens (tertiary/aromatic N) is 2. The second kappa shape index (κ2) is 21.0. The van der Waals surface area contributed by atoms with Crippen LogP contribution in [0.4, 0.5) is 9.59 Å². The number of amides is 2. The van der Waals surface area contributed by atoms with Crippen molar-refractivity contribution >= 4 is 41.5 Å². The van der Waals surface area contributed by atoms with Gasteiger partial charge in [-0.05, 0) is 73.1 Å². The minimum Gasteiger partial charge on any atom is -0.445 e. The number of piperidine rings is 2. The highest BCUT2D eigenvalue weighted by molar-refractivity contribution is 8.20. The first-order valence-corrected chi connectivity index (χ1v) is 21.5. The molecule has 7 nitrogen and oxygen atoms in total. The van der Waals surface area contributed by atoms with Gasteiger partial charge in [0.25, 0.3) is 0 Å². The highest BCUT2D eigenvalue weighted by Gasteiger charge is 2.38. The zero-order valence-electron chi connectivity index (χ0n) is 31.5. The van der Waals surface area contributed by atoms with Crippen LogP contribution in [-0.2, 0) is 26.8 Å². The first-order chi connectivity index (χ1) is 27.0. The summed E-state index contributed by atoms with van der Waals surface area (Å²) in [6.45, 7) is 3.59. The molecular weight excluding hydrogens is 725 g/mol. The SMILES string of the molecule is O=C(/C=C/C1CCN(C(=O)OCc2ccccc2)CC1)c1ccccc1.O=C(OCc1ccccc1)N1CCC(CCC2(c3ccccc3)SCCS2)CC1. The number of rotatable bonds is 11. The van der Waals surface area contributed by atoms with Crippen LogP contribution in [-0.4, -0.2) is 65.5 Å². The van der Waals surface area contributed by atoms with Crippen LogP contribution < -0.4 is 0 Å². The summed E-state index contributed by atoms with van der Waals surface area (Å²) in [5.74, 6) is 3.53. The maximum Gasteiger partial charge on any atom is 0.410 e. The van der Waals surface area contributed by atoms with Crippen molar-refractivity contribution in [2.24, 2.45) is 11.8 Å². The van der Waals surface area contributed by atoms with Crippen LogP contribution in [0.1, 0.15) is 65.6 Å². The summed E-state index contributed by atoms with van der Waals surface area (Å²) >= 11 is 4.24. The van der Waals surface area contributed by atoms with Crippen molar-refractivity contribution in [3.8, 4) is 0 Å². The van der Waals surface area contributed by atoms with Crippen LogP contribution in [0.5, 0.6) is 0 Å². The largest absolute Gasteiger partial charge is 0.445 e. The first-order valence-electron chi connectivity index (χ1n) is 19.5. The topological polar surface area (TPSA) is 76.1 Å². The normalized spacial score (nSPS) is 17.3. The highest BCUT2D eigenvalue weighted by atomic mass is 32.2. The highest BCUT2D eigenvalue weighted by Crippen LogP contribution is 2.55. The minimum absolute atomic E-state index is 0.0234. The smallest absolute Gasteiger partial charge is 0.410 e.